The number of amides is 2. The molecule has 10 heteroatoms. The van der Waals surface area contributed by atoms with E-state index in [-0.39, 0.29) is 23.9 Å². The number of hydrogen-bond donors (Lipinski definition) is 2. The van der Waals surface area contributed by atoms with E-state index in [9.17, 15) is 9.59 Å². The number of aromatic amines is 1. The first-order valence-electron chi connectivity index (χ1n) is 9.47. The van der Waals surface area contributed by atoms with Crippen LogP contribution in [0.4, 0.5) is 0 Å². The fourth-order valence-electron chi connectivity index (χ4n) is 4.04. The van der Waals surface area contributed by atoms with Crippen molar-refractivity contribution in [3.05, 3.63) is 29.6 Å². The van der Waals surface area contributed by atoms with Crippen LogP contribution >= 0.6 is 0 Å². The number of carbonyl (C=O) groups excluding carboxylic acids is 2. The van der Waals surface area contributed by atoms with Crippen LogP contribution in [-0.2, 0) is 6.54 Å². The zero-order valence-corrected chi connectivity index (χ0v) is 15.0. The Morgan fingerprint density at radius 2 is 2.00 bits per heavy atom. The van der Waals surface area contributed by atoms with Crippen LogP contribution in [0.5, 0.6) is 0 Å². The number of fused-ring (bicyclic) bond motifs is 3. The Morgan fingerprint density at radius 3 is 2.74 bits per heavy atom. The summed E-state index contributed by atoms with van der Waals surface area (Å²) in [6, 6.07) is 1.90. The molecule has 27 heavy (non-hydrogen) atoms. The van der Waals surface area contributed by atoms with Crippen molar-refractivity contribution >= 4 is 11.8 Å². The topological polar surface area (TPSA) is 112 Å². The highest BCUT2D eigenvalue weighted by molar-refractivity contribution is 5.92. The Morgan fingerprint density at radius 1 is 1.15 bits per heavy atom. The van der Waals surface area contributed by atoms with Gasteiger partial charge in [-0.1, -0.05) is 0 Å². The molecule has 5 rings (SSSR count). The van der Waals surface area contributed by atoms with E-state index in [2.05, 4.69) is 30.6 Å². The summed E-state index contributed by atoms with van der Waals surface area (Å²) < 4.78 is 1.92. The average Bonchev–Trinajstić information content (AvgIpc) is 3.33. The maximum absolute atomic E-state index is 12.7. The third-order valence-corrected chi connectivity index (χ3v) is 5.84. The lowest BCUT2D eigenvalue weighted by molar-refractivity contribution is 0.0368. The van der Waals surface area contributed by atoms with E-state index in [1.807, 2.05) is 9.47 Å². The molecule has 0 aromatic carbocycles. The second-order valence-electron chi connectivity index (χ2n) is 7.41. The van der Waals surface area contributed by atoms with Crippen molar-refractivity contribution in [2.75, 3.05) is 26.2 Å². The Kier molecular flexibility index (Phi) is 3.92. The lowest BCUT2D eigenvalue weighted by atomic mass is 9.93. The van der Waals surface area contributed by atoms with Crippen LogP contribution < -0.4 is 5.32 Å². The van der Waals surface area contributed by atoms with Gasteiger partial charge in [-0.3, -0.25) is 19.6 Å². The number of carbonyl (C=O) groups is 2. The van der Waals surface area contributed by atoms with Gasteiger partial charge in [0.05, 0.1) is 6.04 Å². The molecule has 10 nitrogen and oxygen atoms in total. The van der Waals surface area contributed by atoms with Gasteiger partial charge in [0, 0.05) is 45.0 Å². The van der Waals surface area contributed by atoms with Gasteiger partial charge in [-0.05, 0) is 25.3 Å². The summed E-state index contributed by atoms with van der Waals surface area (Å²) in [7, 11) is 0. The monoisotopic (exact) mass is 370 g/mol. The fourth-order valence-corrected chi connectivity index (χ4v) is 4.04. The van der Waals surface area contributed by atoms with Gasteiger partial charge in [-0.2, -0.15) is 5.10 Å². The molecule has 2 aliphatic heterocycles. The third kappa shape index (κ3) is 2.80. The van der Waals surface area contributed by atoms with Crippen LogP contribution in [0.3, 0.4) is 0 Å². The fraction of sp³-hybridized carbons (Fsp3) is 0.588. The second-order valence-corrected chi connectivity index (χ2v) is 7.41. The Hall–Kier alpha value is -2.75. The molecule has 0 bridgehead atoms. The van der Waals surface area contributed by atoms with E-state index in [1.54, 1.807) is 12.3 Å². The largest absolute Gasteiger partial charge is 0.347 e. The van der Waals surface area contributed by atoms with E-state index in [0.29, 0.717) is 31.2 Å². The van der Waals surface area contributed by atoms with Crippen molar-refractivity contribution in [2.45, 2.75) is 37.9 Å². The van der Waals surface area contributed by atoms with Crippen LogP contribution in [-0.4, -0.2) is 78.8 Å². The lowest BCUT2D eigenvalue weighted by Gasteiger charge is -2.43. The predicted molar refractivity (Wildman–Crippen MR) is 93.9 cm³/mol. The van der Waals surface area contributed by atoms with Crippen LogP contribution in [0.2, 0.25) is 0 Å². The van der Waals surface area contributed by atoms with E-state index < -0.39 is 0 Å². The van der Waals surface area contributed by atoms with Crippen molar-refractivity contribution < 1.29 is 9.59 Å². The van der Waals surface area contributed by atoms with Crippen molar-refractivity contribution in [3.8, 4) is 0 Å². The molecule has 2 amide bonds. The maximum Gasteiger partial charge on any atom is 0.289 e. The molecule has 2 aromatic heterocycles. The number of nitrogens with one attached hydrogen (secondary N) is 2. The molecular weight excluding hydrogens is 348 g/mol. The van der Waals surface area contributed by atoms with Gasteiger partial charge in [-0.25, -0.2) is 0 Å². The highest BCUT2D eigenvalue weighted by atomic mass is 16.2. The Bertz CT molecular complexity index is 856. The second kappa shape index (κ2) is 6.45. The molecule has 3 aliphatic rings. The molecule has 1 atom stereocenters. The maximum atomic E-state index is 12.7. The first-order chi connectivity index (χ1) is 13.2. The first kappa shape index (κ1) is 16.4. The summed E-state index contributed by atoms with van der Waals surface area (Å²) in [5.74, 6) is 0.940. The molecule has 2 fully saturated rings. The predicted octanol–water partition coefficient (Wildman–Crippen LogP) is -0.204. The molecule has 1 aliphatic carbocycles. The first-order valence-corrected chi connectivity index (χ1v) is 9.47. The highest BCUT2D eigenvalue weighted by Gasteiger charge is 2.38. The molecule has 0 spiro atoms. The van der Waals surface area contributed by atoms with Crippen molar-refractivity contribution in [1.29, 1.82) is 0 Å². The average molecular weight is 370 g/mol. The summed E-state index contributed by atoms with van der Waals surface area (Å²) in [4.78, 5) is 29.3. The van der Waals surface area contributed by atoms with Gasteiger partial charge < -0.3 is 14.8 Å². The highest BCUT2D eigenvalue weighted by Crippen LogP contribution is 2.29. The van der Waals surface area contributed by atoms with Gasteiger partial charge in [0.15, 0.2) is 5.82 Å². The number of aromatic nitrogens is 5. The molecule has 0 radical (unpaired) electrons. The lowest BCUT2D eigenvalue weighted by Crippen LogP contribution is -2.54. The molecule has 2 aromatic rings. The van der Waals surface area contributed by atoms with E-state index in [0.717, 1.165) is 31.8 Å². The van der Waals surface area contributed by atoms with Gasteiger partial charge in [0.1, 0.15) is 5.69 Å². The number of hydrogen-bond acceptors (Lipinski definition) is 6. The minimum atomic E-state index is -0.145. The zero-order chi connectivity index (χ0) is 18.4. The SMILES string of the molecule is O=C(NC1CCC1)c1nnc2n1CCN1CCN(C(=O)c3ccn[nH]3)C[C@H]21. The van der Waals surface area contributed by atoms with Gasteiger partial charge in [0.25, 0.3) is 11.8 Å². The van der Waals surface area contributed by atoms with Crippen LogP contribution in [0, 0.1) is 0 Å². The number of nitrogens with zero attached hydrogens (tertiary/aromatic N) is 6. The van der Waals surface area contributed by atoms with Crippen LogP contribution in [0.15, 0.2) is 12.3 Å². The van der Waals surface area contributed by atoms with Crippen molar-refractivity contribution in [1.82, 2.24) is 40.1 Å². The number of H-pyrrole nitrogens is 1. The standard InChI is InChI=1S/C17H22N8O2/c26-16(19-11-2-1-3-11)15-22-21-14-13-10-24(17(27)12-4-5-18-20-12)7-6-23(13)8-9-25(14)15/h4-5,11,13H,1-3,6-10H2,(H,18,20)(H,19,26)/t13-/m1/s1. The van der Waals surface area contributed by atoms with Gasteiger partial charge >= 0.3 is 0 Å². The molecule has 1 saturated carbocycles. The summed E-state index contributed by atoms with van der Waals surface area (Å²) in [5, 5.41) is 18.1. The summed E-state index contributed by atoms with van der Waals surface area (Å²) in [6.45, 7) is 3.49. The molecule has 1 saturated heterocycles. The van der Waals surface area contributed by atoms with Crippen LogP contribution in [0.1, 0.15) is 52.2 Å². The third-order valence-electron chi connectivity index (χ3n) is 5.84. The van der Waals surface area contributed by atoms with Gasteiger partial charge in [0.2, 0.25) is 5.82 Å². The minimum Gasteiger partial charge on any atom is -0.347 e. The zero-order valence-electron chi connectivity index (χ0n) is 15.0. The van der Waals surface area contributed by atoms with Crippen molar-refractivity contribution in [2.24, 2.45) is 0 Å². The molecule has 142 valence electrons. The quantitative estimate of drug-likeness (QED) is 0.774. The number of piperazine rings is 1. The van der Waals surface area contributed by atoms with E-state index >= 15 is 0 Å². The Balaban J connectivity index is 1.36. The molecule has 4 heterocycles. The smallest absolute Gasteiger partial charge is 0.289 e. The Labute approximate surface area is 155 Å². The molecular formula is C17H22N8O2. The molecule has 2 N–H and O–H groups in total. The minimum absolute atomic E-state index is 0.0443. The van der Waals surface area contributed by atoms with E-state index in [4.69, 9.17) is 0 Å². The van der Waals surface area contributed by atoms with Crippen molar-refractivity contribution in [3.63, 3.8) is 0 Å². The summed E-state index contributed by atoms with van der Waals surface area (Å²) in [5.41, 5.74) is 0.487. The summed E-state index contributed by atoms with van der Waals surface area (Å²) in [6.07, 6.45) is 4.81. The van der Waals surface area contributed by atoms with Crippen LogP contribution in [0.25, 0.3) is 0 Å². The van der Waals surface area contributed by atoms with E-state index in [1.165, 1.54) is 6.42 Å². The van der Waals surface area contributed by atoms with Gasteiger partial charge in [-0.15, -0.1) is 10.2 Å². The normalized spacial score (nSPS) is 22.7. The molecule has 0 unspecified atom stereocenters. The number of rotatable bonds is 3. The summed E-state index contributed by atoms with van der Waals surface area (Å²) >= 11 is 0.